The second-order valence-electron chi connectivity index (χ2n) is 11.8. The summed E-state index contributed by atoms with van der Waals surface area (Å²) in [6, 6.07) is 7.19. The molecule has 0 radical (unpaired) electrons. The molecule has 0 amide bonds. The molecule has 3 fully saturated rings. The number of benzene rings is 1. The summed E-state index contributed by atoms with van der Waals surface area (Å²) in [4.78, 5) is 59.1. The van der Waals surface area contributed by atoms with Crippen LogP contribution in [0, 0.1) is 34.5 Å². The van der Waals surface area contributed by atoms with E-state index in [1.54, 1.807) is 18.2 Å². The maximum atomic E-state index is 13.7. The molecular formula is C29H32N2O4S. The van der Waals surface area contributed by atoms with E-state index >= 15 is 0 Å². The number of rotatable bonds is 4. The number of nitrogens with zero attached hydrogens (tertiary/aromatic N) is 1. The normalized spacial score (nSPS) is 35.7. The number of hydrogen-bond donors (Lipinski definition) is 1. The first kappa shape index (κ1) is 23.8. The summed E-state index contributed by atoms with van der Waals surface area (Å²) in [5.74, 6) is 1.34. The van der Waals surface area contributed by atoms with E-state index in [0.29, 0.717) is 34.8 Å². The van der Waals surface area contributed by atoms with Crippen LogP contribution in [-0.2, 0) is 14.4 Å². The fourth-order valence-corrected chi connectivity index (χ4v) is 9.09. The van der Waals surface area contributed by atoms with E-state index in [1.807, 2.05) is 12.1 Å². The zero-order valence-corrected chi connectivity index (χ0v) is 21.7. The average Bonchev–Trinajstić information content (AvgIpc) is 3.19. The number of ketones is 3. The Hall–Kier alpha value is -2.54. The lowest BCUT2D eigenvalue weighted by atomic mass is 9.46. The van der Waals surface area contributed by atoms with Gasteiger partial charge in [-0.1, -0.05) is 43.3 Å². The SMILES string of the molecule is CC12CCC(=O)C=C1CCC1C2C(=O)CC2(C)C(C(=O)CSc3nc4ccccc4c(=O)[nH]3)CCC12. The van der Waals surface area contributed by atoms with Crippen LogP contribution in [0.1, 0.15) is 58.8 Å². The Morgan fingerprint density at radius 2 is 1.92 bits per heavy atom. The van der Waals surface area contributed by atoms with Gasteiger partial charge >= 0.3 is 0 Å². The van der Waals surface area contributed by atoms with Crippen LogP contribution >= 0.6 is 11.8 Å². The topological polar surface area (TPSA) is 97.0 Å². The molecule has 4 aliphatic rings. The highest BCUT2D eigenvalue weighted by Crippen LogP contribution is 2.65. The first-order valence-electron chi connectivity index (χ1n) is 13.1. The predicted octanol–water partition coefficient (Wildman–Crippen LogP) is 4.91. The summed E-state index contributed by atoms with van der Waals surface area (Å²) in [5.41, 5.74) is 1.08. The number of Topliss-reactive ketones (excluding diaryl/α,β-unsaturated/α-hetero) is 2. The molecule has 0 saturated heterocycles. The zero-order valence-electron chi connectivity index (χ0n) is 20.8. The van der Waals surface area contributed by atoms with Crippen molar-refractivity contribution in [2.45, 2.75) is 63.9 Å². The number of aromatic amines is 1. The smallest absolute Gasteiger partial charge is 0.259 e. The van der Waals surface area contributed by atoms with E-state index in [0.717, 1.165) is 32.1 Å². The Bertz CT molecular complexity index is 1380. The minimum absolute atomic E-state index is 0.0289. The molecule has 36 heavy (non-hydrogen) atoms. The molecule has 0 spiro atoms. The van der Waals surface area contributed by atoms with Crippen LogP contribution in [0.15, 0.2) is 45.9 Å². The van der Waals surface area contributed by atoms with Gasteiger partial charge in [0.1, 0.15) is 11.6 Å². The van der Waals surface area contributed by atoms with Gasteiger partial charge in [-0.3, -0.25) is 19.2 Å². The first-order valence-corrected chi connectivity index (χ1v) is 14.1. The molecule has 6 nitrogen and oxygen atoms in total. The van der Waals surface area contributed by atoms with Crippen LogP contribution < -0.4 is 5.56 Å². The first-order chi connectivity index (χ1) is 17.2. The molecule has 7 heteroatoms. The minimum atomic E-state index is -0.317. The van der Waals surface area contributed by atoms with Gasteiger partial charge in [-0.2, -0.15) is 0 Å². The Balaban J connectivity index is 1.21. The Morgan fingerprint density at radius 1 is 1.11 bits per heavy atom. The van der Waals surface area contributed by atoms with Crippen molar-refractivity contribution in [2.24, 2.45) is 34.5 Å². The van der Waals surface area contributed by atoms with Crippen LogP contribution in [0.2, 0.25) is 0 Å². The van der Waals surface area contributed by atoms with Gasteiger partial charge in [0.2, 0.25) is 0 Å². The summed E-state index contributed by atoms with van der Waals surface area (Å²) in [6.45, 7) is 4.37. The van der Waals surface area contributed by atoms with E-state index in [9.17, 15) is 19.2 Å². The third-order valence-electron chi connectivity index (χ3n) is 9.98. The molecule has 1 N–H and O–H groups in total. The van der Waals surface area contributed by atoms with Crippen LogP contribution in [0.5, 0.6) is 0 Å². The molecule has 1 aromatic heterocycles. The molecule has 2 aromatic rings. The maximum Gasteiger partial charge on any atom is 0.259 e. The molecule has 4 aliphatic carbocycles. The number of hydrogen-bond acceptors (Lipinski definition) is 6. The second-order valence-corrected chi connectivity index (χ2v) is 12.7. The lowest BCUT2D eigenvalue weighted by molar-refractivity contribution is -0.148. The molecule has 6 rings (SSSR count). The van der Waals surface area contributed by atoms with Gasteiger partial charge in [0.05, 0.1) is 16.7 Å². The average molecular weight is 505 g/mol. The Kier molecular flexibility index (Phi) is 5.63. The highest BCUT2D eigenvalue weighted by Gasteiger charge is 2.63. The zero-order chi connectivity index (χ0) is 25.2. The molecule has 6 atom stereocenters. The van der Waals surface area contributed by atoms with Crippen molar-refractivity contribution in [3.8, 4) is 0 Å². The Morgan fingerprint density at radius 3 is 2.75 bits per heavy atom. The highest BCUT2D eigenvalue weighted by atomic mass is 32.2. The number of nitrogens with one attached hydrogen (secondary N) is 1. The fraction of sp³-hybridized carbons (Fsp3) is 0.552. The fourth-order valence-electron chi connectivity index (χ4n) is 8.29. The number of carbonyl (C=O) groups is 3. The molecule has 188 valence electrons. The predicted molar refractivity (Wildman–Crippen MR) is 139 cm³/mol. The third-order valence-corrected chi connectivity index (χ3v) is 10.9. The second kappa shape index (κ2) is 8.51. The standard InChI is InChI=1S/C29H32N2O4S/c1-28-12-11-17(32)13-16(28)7-8-18-20-9-10-21(29(20,2)14-23(33)25(18)28)24(34)15-36-27-30-22-6-4-3-5-19(22)26(35)31-27/h3-6,13,18,20-21,25H,7-12,14-15H2,1-2H3,(H,30,31,35). The number of thioether (sulfide) groups is 1. The summed E-state index contributed by atoms with van der Waals surface area (Å²) < 4.78 is 0. The van der Waals surface area contributed by atoms with Gasteiger partial charge in [-0.15, -0.1) is 0 Å². The molecule has 1 aromatic carbocycles. The van der Waals surface area contributed by atoms with Crippen molar-refractivity contribution in [2.75, 3.05) is 5.75 Å². The summed E-state index contributed by atoms with van der Waals surface area (Å²) >= 11 is 1.28. The monoisotopic (exact) mass is 504 g/mol. The van der Waals surface area contributed by atoms with Crippen molar-refractivity contribution in [3.05, 3.63) is 46.3 Å². The van der Waals surface area contributed by atoms with Crippen LogP contribution in [-0.4, -0.2) is 33.1 Å². The van der Waals surface area contributed by atoms with Crippen molar-refractivity contribution in [1.82, 2.24) is 9.97 Å². The third kappa shape index (κ3) is 3.57. The van der Waals surface area contributed by atoms with Crippen molar-refractivity contribution in [3.63, 3.8) is 0 Å². The van der Waals surface area contributed by atoms with Gasteiger partial charge in [0, 0.05) is 24.7 Å². The summed E-state index contributed by atoms with van der Waals surface area (Å²) in [5, 5.41) is 0.994. The van der Waals surface area contributed by atoms with Gasteiger partial charge in [0.25, 0.3) is 5.56 Å². The lowest BCUT2D eigenvalue weighted by Gasteiger charge is -2.56. The largest absolute Gasteiger partial charge is 0.301 e. The minimum Gasteiger partial charge on any atom is -0.301 e. The molecule has 6 unspecified atom stereocenters. The van der Waals surface area contributed by atoms with Gasteiger partial charge in [0.15, 0.2) is 10.9 Å². The quantitative estimate of drug-likeness (QED) is 0.469. The van der Waals surface area contributed by atoms with E-state index in [4.69, 9.17) is 0 Å². The maximum absolute atomic E-state index is 13.7. The number of H-pyrrole nitrogens is 1. The van der Waals surface area contributed by atoms with E-state index in [2.05, 4.69) is 23.8 Å². The number of carbonyl (C=O) groups excluding carboxylic acids is 3. The molecular weight excluding hydrogens is 472 g/mol. The van der Waals surface area contributed by atoms with Crippen LogP contribution in [0.25, 0.3) is 10.9 Å². The van der Waals surface area contributed by atoms with E-state index in [-0.39, 0.29) is 57.2 Å². The van der Waals surface area contributed by atoms with Gasteiger partial charge < -0.3 is 4.98 Å². The molecule has 1 heterocycles. The van der Waals surface area contributed by atoms with Crippen LogP contribution in [0.3, 0.4) is 0 Å². The lowest BCUT2D eigenvalue weighted by Crippen LogP contribution is -2.55. The van der Waals surface area contributed by atoms with Crippen molar-refractivity contribution >= 4 is 40.0 Å². The Labute approximate surface area is 214 Å². The number of aromatic nitrogens is 2. The molecule has 3 saturated carbocycles. The molecule has 0 aliphatic heterocycles. The number of fused-ring (bicyclic) bond motifs is 6. The van der Waals surface area contributed by atoms with E-state index in [1.165, 1.54) is 17.3 Å². The van der Waals surface area contributed by atoms with Crippen LogP contribution in [0.4, 0.5) is 0 Å². The summed E-state index contributed by atoms with van der Waals surface area (Å²) in [6.07, 6.45) is 7.18. The molecule has 0 bridgehead atoms. The van der Waals surface area contributed by atoms with E-state index < -0.39 is 0 Å². The van der Waals surface area contributed by atoms with Gasteiger partial charge in [-0.05, 0) is 73.0 Å². The number of para-hydroxylation sites is 1. The van der Waals surface area contributed by atoms with Gasteiger partial charge in [-0.25, -0.2) is 4.98 Å². The van der Waals surface area contributed by atoms with Crippen molar-refractivity contribution in [1.29, 1.82) is 0 Å². The summed E-state index contributed by atoms with van der Waals surface area (Å²) in [7, 11) is 0. The van der Waals surface area contributed by atoms with Crippen molar-refractivity contribution < 1.29 is 14.4 Å². The number of allylic oxidation sites excluding steroid dienone is 1. The highest BCUT2D eigenvalue weighted by molar-refractivity contribution is 7.99.